The minimum absolute atomic E-state index is 0.0291. The zero-order chi connectivity index (χ0) is 12.8. The Morgan fingerprint density at radius 2 is 2.33 bits per heavy atom. The van der Waals surface area contributed by atoms with Crippen LogP contribution in [0.4, 0.5) is 0 Å². The van der Waals surface area contributed by atoms with E-state index in [1.807, 2.05) is 0 Å². The molecular weight excluding hydrogens is 246 g/mol. The Hall–Kier alpha value is -1.54. The van der Waals surface area contributed by atoms with E-state index >= 15 is 0 Å². The van der Waals surface area contributed by atoms with Crippen molar-refractivity contribution in [3.63, 3.8) is 0 Å². The molecule has 2 rings (SSSR count). The lowest BCUT2D eigenvalue weighted by molar-refractivity contribution is -0.119. The zero-order valence-corrected chi connectivity index (χ0v) is 10.9. The molecule has 0 aromatic carbocycles. The van der Waals surface area contributed by atoms with Crippen molar-refractivity contribution in [3.05, 3.63) is 23.9 Å². The molecule has 0 atom stereocenters. The van der Waals surface area contributed by atoms with Crippen molar-refractivity contribution in [1.29, 1.82) is 5.26 Å². The van der Waals surface area contributed by atoms with Crippen LogP contribution in [0.15, 0.2) is 23.4 Å². The average Bonchev–Trinajstić information content (AvgIpc) is 2.89. The fraction of sp³-hybridized carbons (Fsp3) is 0.462. The molecule has 1 N–H and O–H groups in total. The van der Waals surface area contributed by atoms with Crippen molar-refractivity contribution >= 4 is 17.7 Å². The highest BCUT2D eigenvalue weighted by Gasteiger charge is 2.17. The Morgan fingerprint density at radius 1 is 1.56 bits per heavy atom. The van der Waals surface area contributed by atoms with E-state index in [1.54, 1.807) is 18.3 Å². The Balaban J connectivity index is 1.83. The predicted molar refractivity (Wildman–Crippen MR) is 70.1 cm³/mol. The third kappa shape index (κ3) is 3.47. The summed E-state index contributed by atoms with van der Waals surface area (Å²) in [6.45, 7) is 0. The summed E-state index contributed by atoms with van der Waals surface area (Å²) in [6.07, 6.45) is 6.22. The first-order valence-corrected chi connectivity index (χ1v) is 7.05. The molecule has 1 aliphatic carbocycles. The number of hydrogen-bond acceptors (Lipinski definition) is 4. The van der Waals surface area contributed by atoms with Crippen LogP contribution in [0, 0.1) is 11.3 Å². The zero-order valence-electron chi connectivity index (χ0n) is 10.1. The highest BCUT2D eigenvalue weighted by molar-refractivity contribution is 7.99. The van der Waals surface area contributed by atoms with Crippen molar-refractivity contribution in [2.75, 3.05) is 5.75 Å². The van der Waals surface area contributed by atoms with Crippen molar-refractivity contribution < 1.29 is 4.79 Å². The lowest BCUT2D eigenvalue weighted by Crippen LogP contribution is -2.33. The van der Waals surface area contributed by atoms with Gasteiger partial charge in [0.25, 0.3) is 0 Å². The lowest BCUT2D eigenvalue weighted by atomic mass is 10.2. The molecule has 1 fully saturated rings. The molecule has 5 heteroatoms. The lowest BCUT2D eigenvalue weighted by Gasteiger charge is -2.11. The van der Waals surface area contributed by atoms with Gasteiger partial charge in [-0.2, -0.15) is 5.26 Å². The highest BCUT2D eigenvalue weighted by Crippen LogP contribution is 2.20. The third-order valence-corrected chi connectivity index (χ3v) is 3.96. The molecule has 0 spiro atoms. The predicted octanol–water partition coefficient (Wildman–Crippen LogP) is 2.10. The van der Waals surface area contributed by atoms with Gasteiger partial charge < -0.3 is 5.32 Å². The molecule has 1 saturated carbocycles. The molecule has 0 saturated heterocycles. The van der Waals surface area contributed by atoms with Crippen molar-refractivity contribution in [3.8, 4) is 6.07 Å². The SMILES string of the molecule is N#Cc1cccnc1SCC(=O)NC1CCCC1. The fourth-order valence-electron chi connectivity index (χ4n) is 2.06. The molecule has 0 aliphatic heterocycles. The van der Waals surface area contributed by atoms with E-state index in [-0.39, 0.29) is 5.91 Å². The summed E-state index contributed by atoms with van der Waals surface area (Å²) in [5.74, 6) is 0.351. The number of aromatic nitrogens is 1. The van der Waals surface area contributed by atoms with Gasteiger partial charge in [-0.3, -0.25) is 4.79 Å². The van der Waals surface area contributed by atoms with Gasteiger partial charge in [-0.25, -0.2) is 4.98 Å². The van der Waals surface area contributed by atoms with Crippen molar-refractivity contribution in [1.82, 2.24) is 10.3 Å². The summed E-state index contributed by atoms with van der Waals surface area (Å²) in [5, 5.41) is 12.6. The Labute approximate surface area is 111 Å². The van der Waals surface area contributed by atoms with Crippen LogP contribution in [-0.4, -0.2) is 22.7 Å². The molecule has 0 unspecified atom stereocenters. The van der Waals surface area contributed by atoms with Crippen LogP contribution in [0.2, 0.25) is 0 Å². The van der Waals surface area contributed by atoms with Crippen LogP contribution < -0.4 is 5.32 Å². The molecule has 1 heterocycles. The first-order chi connectivity index (χ1) is 8.79. The maximum atomic E-state index is 11.7. The third-order valence-electron chi connectivity index (χ3n) is 2.95. The van der Waals surface area contributed by atoms with E-state index in [0.717, 1.165) is 12.8 Å². The molecular formula is C13H15N3OS. The molecule has 1 amide bonds. The normalized spacial score (nSPS) is 15.3. The van der Waals surface area contributed by atoms with E-state index in [1.165, 1.54) is 24.6 Å². The minimum atomic E-state index is 0.0291. The van der Waals surface area contributed by atoms with Gasteiger partial charge in [0.1, 0.15) is 11.1 Å². The molecule has 0 bridgehead atoms. The number of rotatable bonds is 4. The van der Waals surface area contributed by atoms with Crippen molar-refractivity contribution in [2.24, 2.45) is 0 Å². The largest absolute Gasteiger partial charge is 0.353 e. The fourth-order valence-corrected chi connectivity index (χ4v) is 2.82. The monoisotopic (exact) mass is 261 g/mol. The Bertz CT molecular complexity index is 464. The summed E-state index contributed by atoms with van der Waals surface area (Å²) in [6, 6.07) is 5.86. The van der Waals surface area contributed by atoms with E-state index in [4.69, 9.17) is 5.26 Å². The molecule has 1 aromatic heterocycles. The molecule has 18 heavy (non-hydrogen) atoms. The standard InChI is InChI=1S/C13H15N3OS/c14-8-10-4-3-7-15-13(10)18-9-12(17)16-11-5-1-2-6-11/h3-4,7,11H,1-2,5-6,9H2,(H,16,17). The van der Waals surface area contributed by atoms with Gasteiger partial charge in [0.15, 0.2) is 0 Å². The van der Waals surface area contributed by atoms with Crippen LogP contribution in [-0.2, 0) is 4.79 Å². The first kappa shape index (κ1) is 12.9. The molecule has 4 nitrogen and oxygen atoms in total. The van der Waals surface area contributed by atoms with Gasteiger partial charge in [0.05, 0.1) is 11.3 Å². The number of nitrogens with zero attached hydrogens (tertiary/aromatic N) is 2. The maximum Gasteiger partial charge on any atom is 0.230 e. The highest BCUT2D eigenvalue weighted by atomic mass is 32.2. The second-order valence-electron chi connectivity index (χ2n) is 4.31. The maximum absolute atomic E-state index is 11.7. The van der Waals surface area contributed by atoms with Crippen LogP contribution in [0.25, 0.3) is 0 Å². The van der Waals surface area contributed by atoms with Gasteiger partial charge >= 0.3 is 0 Å². The summed E-state index contributed by atoms with van der Waals surface area (Å²) in [5.41, 5.74) is 0.524. The van der Waals surface area contributed by atoms with E-state index < -0.39 is 0 Å². The number of carbonyl (C=O) groups excluding carboxylic acids is 1. The molecule has 94 valence electrons. The number of nitriles is 1. The van der Waals surface area contributed by atoms with E-state index in [9.17, 15) is 4.79 Å². The average molecular weight is 261 g/mol. The smallest absolute Gasteiger partial charge is 0.230 e. The molecule has 0 radical (unpaired) electrons. The Kier molecular flexibility index (Phi) is 4.59. The van der Waals surface area contributed by atoms with Gasteiger partial charge in [-0.15, -0.1) is 0 Å². The number of thioether (sulfide) groups is 1. The van der Waals surface area contributed by atoms with Crippen LogP contribution in [0.1, 0.15) is 31.2 Å². The number of hydrogen-bond donors (Lipinski definition) is 1. The van der Waals surface area contributed by atoms with Crippen molar-refractivity contribution in [2.45, 2.75) is 36.8 Å². The topological polar surface area (TPSA) is 65.8 Å². The minimum Gasteiger partial charge on any atom is -0.353 e. The summed E-state index contributed by atoms with van der Waals surface area (Å²) in [4.78, 5) is 15.8. The van der Waals surface area contributed by atoms with Crippen LogP contribution >= 0.6 is 11.8 Å². The number of amides is 1. The van der Waals surface area contributed by atoms with Gasteiger partial charge in [0, 0.05) is 12.2 Å². The van der Waals surface area contributed by atoms with E-state index in [0.29, 0.717) is 22.4 Å². The number of pyridine rings is 1. The van der Waals surface area contributed by atoms with Gasteiger partial charge in [-0.1, -0.05) is 24.6 Å². The number of nitrogens with one attached hydrogen (secondary N) is 1. The summed E-state index contributed by atoms with van der Waals surface area (Å²) >= 11 is 1.32. The molecule has 1 aliphatic rings. The van der Waals surface area contributed by atoms with Crippen LogP contribution in [0.5, 0.6) is 0 Å². The van der Waals surface area contributed by atoms with E-state index in [2.05, 4.69) is 16.4 Å². The summed E-state index contributed by atoms with van der Waals surface area (Å²) < 4.78 is 0. The summed E-state index contributed by atoms with van der Waals surface area (Å²) in [7, 11) is 0. The Morgan fingerprint density at radius 3 is 3.06 bits per heavy atom. The van der Waals surface area contributed by atoms with Crippen LogP contribution in [0.3, 0.4) is 0 Å². The van der Waals surface area contributed by atoms with Gasteiger partial charge in [-0.05, 0) is 25.0 Å². The second-order valence-corrected chi connectivity index (χ2v) is 5.27. The first-order valence-electron chi connectivity index (χ1n) is 6.07. The quantitative estimate of drug-likeness (QED) is 0.843. The second kappa shape index (κ2) is 6.41. The van der Waals surface area contributed by atoms with Gasteiger partial charge in [0.2, 0.25) is 5.91 Å². The number of carbonyl (C=O) groups is 1. The molecule has 1 aromatic rings.